The molecule has 0 saturated carbocycles. The van der Waals surface area contributed by atoms with E-state index in [1.807, 2.05) is 0 Å². The first-order chi connectivity index (χ1) is 9.29. The molecule has 6 nitrogen and oxygen atoms in total. The number of esters is 1. The summed E-state index contributed by atoms with van der Waals surface area (Å²) in [7, 11) is 0. The summed E-state index contributed by atoms with van der Waals surface area (Å²) in [6.07, 6.45) is 3.19. The molecule has 20 heavy (non-hydrogen) atoms. The molecular weight excluding hydrogens is 280 g/mol. The van der Waals surface area contributed by atoms with Gasteiger partial charge < -0.3 is 10.5 Å². The number of halogens is 1. The lowest BCUT2D eigenvalue weighted by Gasteiger charge is -2.19. The molecule has 0 saturated heterocycles. The Morgan fingerprint density at radius 2 is 2.15 bits per heavy atom. The lowest BCUT2D eigenvalue weighted by molar-refractivity contribution is 0.00710. The normalized spacial score (nSPS) is 11.4. The van der Waals surface area contributed by atoms with Crippen LogP contribution < -0.4 is 5.73 Å². The molecule has 2 N–H and O–H groups in total. The van der Waals surface area contributed by atoms with E-state index >= 15 is 0 Å². The zero-order valence-corrected chi connectivity index (χ0v) is 12.2. The molecule has 2 aromatic rings. The van der Waals surface area contributed by atoms with Crippen molar-refractivity contribution in [3.8, 4) is 5.69 Å². The quantitative estimate of drug-likeness (QED) is 0.860. The summed E-state index contributed by atoms with van der Waals surface area (Å²) in [5, 5.41) is 4.05. The lowest BCUT2D eigenvalue weighted by Crippen LogP contribution is -2.24. The van der Waals surface area contributed by atoms with Gasteiger partial charge in [0.1, 0.15) is 17.0 Å². The van der Waals surface area contributed by atoms with Gasteiger partial charge in [-0.05, 0) is 32.9 Å². The van der Waals surface area contributed by atoms with E-state index in [1.54, 1.807) is 45.3 Å². The topological polar surface area (TPSA) is 83.0 Å². The molecule has 0 aliphatic carbocycles. The molecule has 0 fully saturated rings. The Morgan fingerprint density at radius 1 is 1.45 bits per heavy atom. The minimum absolute atomic E-state index is 0.000558. The largest absolute Gasteiger partial charge is 0.456 e. The number of ether oxygens (including phenoxy) is 1. The maximum Gasteiger partial charge on any atom is 0.345 e. The molecule has 2 aromatic heterocycles. The number of pyridine rings is 1. The highest BCUT2D eigenvalue weighted by Gasteiger charge is 2.26. The van der Waals surface area contributed by atoms with E-state index in [-0.39, 0.29) is 16.5 Å². The Labute approximate surface area is 121 Å². The van der Waals surface area contributed by atoms with Gasteiger partial charge in [0.15, 0.2) is 5.15 Å². The highest BCUT2D eigenvalue weighted by Crippen LogP contribution is 2.26. The molecule has 7 heteroatoms. The van der Waals surface area contributed by atoms with Gasteiger partial charge in [-0.2, -0.15) is 5.10 Å². The minimum atomic E-state index is -0.636. The van der Waals surface area contributed by atoms with Crippen LogP contribution >= 0.6 is 11.6 Å². The average Bonchev–Trinajstić information content (AvgIpc) is 2.64. The number of hydrogen-bond donors (Lipinski definition) is 1. The fourth-order valence-electron chi connectivity index (χ4n) is 1.60. The van der Waals surface area contributed by atoms with E-state index in [0.29, 0.717) is 5.69 Å². The van der Waals surface area contributed by atoms with Crippen LogP contribution in [0.2, 0.25) is 5.15 Å². The number of carbonyl (C=O) groups excluding carboxylic acids is 1. The standard InChI is InChI=1S/C13H15ClN4O2/c1-13(2,3)20-12(19)9-10(14)17-18(11(9)15)8-5-4-6-16-7-8/h4-7H,15H2,1-3H3. The lowest BCUT2D eigenvalue weighted by atomic mass is 10.2. The number of carbonyl (C=O) groups is 1. The highest BCUT2D eigenvalue weighted by atomic mass is 35.5. The molecular formula is C13H15ClN4O2. The zero-order valence-electron chi connectivity index (χ0n) is 11.4. The second-order valence-electron chi connectivity index (χ2n) is 5.18. The maximum absolute atomic E-state index is 12.1. The fourth-order valence-corrected chi connectivity index (χ4v) is 1.85. The van der Waals surface area contributed by atoms with Crippen molar-refractivity contribution in [2.45, 2.75) is 26.4 Å². The molecule has 0 aromatic carbocycles. The number of rotatable bonds is 2. The first-order valence-corrected chi connectivity index (χ1v) is 6.35. The first kappa shape index (κ1) is 14.3. The average molecular weight is 295 g/mol. The number of nitrogen functional groups attached to an aromatic ring is 1. The van der Waals surface area contributed by atoms with Crippen molar-refractivity contribution in [3.63, 3.8) is 0 Å². The Balaban J connectivity index is 2.42. The highest BCUT2D eigenvalue weighted by molar-refractivity contribution is 6.33. The van der Waals surface area contributed by atoms with Crippen molar-refractivity contribution in [2.24, 2.45) is 0 Å². The number of anilines is 1. The molecule has 106 valence electrons. The van der Waals surface area contributed by atoms with E-state index in [4.69, 9.17) is 22.1 Å². The number of nitrogens with zero attached hydrogens (tertiary/aromatic N) is 3. The summed E-state index contributed by atoms with van der Waals surface area (Å²) in [6.45, 7) is 5.29. The summed E-state index contributed by atoms with van der Waals surface area (Å²) in [5.41, 5.74) is 5.98. The van der Waals surface area contributed by atoms with Gasteiger partial charge in [-0.15, -0.1) is 0 Å². The van der Waals surface area contributed by atoms with E-state index in [0.717, 1.165) is 0 Å². The Bertz CT molecular complexity index is 632. The molecule has 0 aliphatic heterocycles. The van der Waals surface area contributed by atoms with E-state index in [1.165, 1.54) is 4.68 Å². The zero-order chi connectivity index (χ0) is 14.9. The number of nitrogens with two attached hydrogens (primary N) is 1. The molecule has 2 rings (SSSR count). The van der Waals surface area contributed by atoms with Gasteiger partial charge in [0.05, 0.1) is 11.9 Å². The van der Waals surface area contributed by atoms with Gasteiger partial charge >= 0.3 is 5.97 Å². The van der Waals surface area contributed by atoms with Crippen LogP contribution in [0.3, 0.4) is 0 Å². The van der Waals surface area contributed by atoms with Crippen LogP contribution in [-0.2, 0) is 4.74 Å². The maximum atomic E-state index is 12.1. The van der Waals surface area contributed by atoms with Gasteiger partial charge in [-0.3, -0.25) is 4.98 Å². The van der Waals surface area contributed by atoms with Crippen LogP contribution in [0.15, 0.2) is 24.5 Å². The predicted molar refractivity (Wildman–Crippen MR) is 75.9 cm³/mol. The molecule has 0 aliphatic rings. The smallest absolute Gasteiger partial charge is 0.345 e. The van der Waals surface area contributed by atoms with Gasteiger partial charge in [0, 0.05) is 6.20 Å². The Hall–Kier alpha value is -2.08. The molecule has 0 radical (unpaired) electrons. The molecule has 2 heterocycles. The molecule has 0 spiro atoms. The van der Waals surface area contributed by atoms with E-state index in [2.05, 4.69) is 10.1 Å². The third kappa shape index (κ3) is 2.91. The van der Waals surface area contributed by atoms with Gasteiger partial charge in [-0.25, -0.2) is 9.48 Å². The SMILES string of the molecule is CC(C)(C)OC(=O)c1c(Cl)nn(-c2cccnc2)c1N. The third-order valence-electron chi connectivity index (χ3n) is 2.37. The van der Waals surface area contributed by atoms with Crippen LogP contribution in [0.4, 0.5) is 5.82 Å². The molecule has 0 unspecified atom stereocenters. The summed E-state index contributed by atoms with van der Waals surface area (Å²) in [4.78, 5) is 16.1. The fraction of sp³-hybridized carbons (Fsp3) is 0.308. The number of aromatic nitrogens is 3. The molecule has 0 amide bonds. The predicted octanol–water partition coefficient (Wildman–Crippen LogP) is 2.46. The van der Waals surface area contributed by atoms with E-state index < -0.39 is 11.6 Å². The van der Waals surface area contributed by atoms with Crippen molar-refractivity contribution < 1.29 is 9.53 Å². The van der Waals surface area contributed by atoms with Crippen molar-refractivity contribution >= 4 is 23.4 Å². The summed E-state index contributed by atoms with van der Waals surface area (Å²) < 4.78 is 6.62. The van der Waals surface area contributed by atoms with Crippen LogP contribution in [-0.4, -0.2) is 26.3 Å². The minimum Gasteiger partial charge on any atom is -0.456 e. The second-order valence-corrected chi connectivity index (χ2v) is 5.53. The van der Waals surface area contributed by atoms with Crippen LogP contribution in [0.1, 0.15) is 31.1 Å². The Morgan fingerprint density at radius 3 is 2.70 bits per heavy atom. The van der Waals surface area contributed by atoms with Gasteiger partial charge in [0.25, 0.3) is 0 Å². The van der Waals surface area contributed by atoms with Crippen LogP contribution in [0.25, 0.3) is 5.69 Å². The van der Waals surface area contributed by atoms with Crippen molar-refractivity contribution in [3.05, 3.63) is 35.2 Å². The summed E-state index contributed by atoms with van der Waals surface area (Å²) in [6, 6.07) is 3.49. The monoisotopic (exact) mass is 294 g/mol. The van der Waals surface area contributed by atoms with E-state index in [9.17, 15) is 4.79 Å². The van der Waals surface area contributed by atoms with Gasteiger partial charge in [0.2, 0.25) is 0 Å². The summed E-state index contributed by atoms with van der Waals surface area (Å²) >= 11 is 5.99. The molecule has 0 bridgehead atoms. The third-order valence-corrected chi connectivity index (χ3v) is 2.64. The molecule has 0 atom stereocenters. The first-order valence-electron chi connectivity index (χ1n) is 5.97. The van der Waals surface area contributed by atoms with Crippen LogP contribution in [0, 0.1) is 0 Å². The van der Waals surface area contributed by atoms with Crippen molar-refractivity contribution in [2.75, 3.05) is 5.73 Å². The van der Waals surface area contributed by atoms with Crippen molar-refractivity contribution in [1.82, 2.24) is 14.8 Å². The van der Waals surface area contributed by atoms with Gasteiger partial charge in [-0.1, -0.05) is 11.6 Å². The number of hydrogen-bond acceptors (Lipinski definition) is 5. The second kappa shape index (κ2) is 5.13. The Kier molecular flexibility index (Phi) is 3.67. The summed E-state index contributed by atoms with van der Waals surface area (Å²) in [5.74, 6) is -0.479. The van der Waals surface area contributed by atoms with Crippen molar-refractivity contribution in [1.29, 1.82) is 0 Å². The van der Waals surface area contributed by atoms with Crippen LogP contribution in [0.5, 0.6) is 0 Å².